The van der Waals surface area contributed by atoms with Crippen LogP contribution in [0.2, 0.25) is 5.04 Å². The number of carbonyl (C=O) groups is 1. The molecule has 0 saturated carbocycles. The molecular formula is C36H38N4O2Si. The first-order valence-corrected chi connectivity index (χ1v) is 16.7. The van der Waals surface area contributed by atoms with Crippen molar-refractivity contribution in [2.24, 2.45) is 5.92 Å². The molecule has 218 valence electrons. The number of aromatic amines is 1. The molecule has 6 rings (SSSR count). The van der Waals surface area contributed by atoms with Crippen LogP contribution in [0.4, 0.5) is 17.2 Å². The lowest BCUT2D eigenvalue weighted by Gasteiger charge is -2.44. The minimum absolute atomic E-state index is 0.0419. The summed E-state index contributed by atoms with van der Waals surface area (Å²) in [6, 6.07) is 35.0. The number of Topliss-reactive ketones (excluding diaryl/α,β-unsaturated/α-hetero) is 1. The molecule has 0 radical (unpaired) electrons. The number of pyridine rings is 1. The molecule has 0 amide bonds. The van der Waals surface area contributed by atoms with Crippen molar-refractivity contribution >= 4 is 41.7 Å². The maximum absolute atomic E-state index is 13.9. The molecule has 4 N–H and O–H groups in total. The average molecular weight is 587 g/mol. The van der Waals surface area contributed by atoms with Gasteiger partial charge in [0.2, 0.25) is 0 Å². The fraction of sp³-hybridized carbons (Fsp3) is 0.222. The van der Waals surface area contributed by atoms with E-state index in [0.29, 0.717) is 25.3 Å². The van der Waals surface area contributed by atoms with E-state index >= 15 is 0 Å². The summed E-state index contributed by atoms with van der Waals surface area (Å²) < 4.78 is 7.23. The minimum atomic E-state index is -2.72. The van der Waals surface area contributed by atoms with Gasteiger partial charge in [0.05, 0.1) is 16.9 Å². The second-order valence-electron chi connectivity index (χ2n) is 12.4. The first kappa shape index (κ1) is 28.6. The van der Waals surface area contributed by atoms with Crippen LogP contribution in [-0.2, 0) is 10.8 Å². The molecule has 0 spiro atoms. The monoisotopic (exact) mass is 586 g/mol. The van der Waals surface area contributed by atoms with Crippen molar-refractivity contribution < 1.29 is 9.22 Å². The van der Waals surface area contributed by atoms with Crippen LogP contribution < -0.4 is 21.4 Å². The van der Waals surface area contributed by atoms with E-state index in [9.17, 15) is 4.79 Å². The molecular weight excluding hydrogens is 549 g/mol. The molecule has 0 aliphatic heterocycles. The van der Waals surface area contributed by atoms with Gasteiger partial charge in [0, 0.05) is 36.2 Å². The molecule has 1 atom stereocenters. The summed E-state index contributed by atoms with van der Waals surface area (Å²) in [5.41, 5.74) is 11.1. The van der Waals surface area contributed by atoms with Crippen LogP contribution in [0.5, 0.6) is 0 Å². The molecule has 3 aromatic carbocycles. The van der Waals surface area contributed by atoms with Crippen LogP contribution in [0.1, 0.15) is 43.2 Å². The first-order valence-electron chi connectivity index (χ1n) is 14.8. The van der Waals surface area contributed by atoms with Gasteiger partial charge in [-0.3, -0.25) is 4.79 Å². The molecule has 2 aromatic heterocycles. The summed E-state index contributed by atoms with van der Waals surface area (Å²) in [4.78, 5) is 21.7. The molecule has 1 unspecified atom stereocenters. The Hall–Kier alpha value is -4.46. The summed E-state index contributed by atoms with van der Waals surface area (Å²) >= 11 is 0. The predicted molar refractivity (Wildman–Crippen MR) is 178 cm³/mol. The van der Waals surface area contributed by atoms with Crippen molar-refractivity contribution in [3.63, 3.8) is 0 Å². The van der Waals surface area contributed by atoms with Crippen molar-refractivity contribution in [3.05, 3.63) is 121 Å². The van der Waals surface area contributed by atoms with Crippen molar-refractivity contribution in [1.82, 2.24) is 9.97 Å². The van der Waals surface area contributed by atoms with Gasteiger partial charge in [-0.05, 0) is 52.0 Å². The molecule has 0 fully saturated rings. The molecule has 0 bridgehead atoms. The number of rotatable bonds is 8. The Bertz CT molecular complexity index is 1670. The normalized spacial score (nSPS) is 15.2. The number of nitrogens with one attached hydrogen (secondary N) is 2. The van der Waals surface area contributed by atoms with Crippen LogP contribution in [-0.4, -0.2) is 30.7 Å². The Balaban J connectivity index is 1.36. The maximum atomic E-state index is 13.9. The van der Waals surface area contributed by atoms with E-state index in [0.717, 1.165) is 33.9 Å². The van der Waals surface area contributed by atoms with Crippen LogP contribution >= 0.6 is 0 Å². The molecule has 1 aliphatic carbocycles. The van der Waals surface area contributed by atoms with Gasteiger partial charge in [-0.15, -0.1) is 0 Å². The maximum Gasteiger partial charge on any atom is 0.261 e. The second-order valence-corrected chi connectivity index (χ2v) is 16.7. The lowest BCUT2D eigenvalue weighted by atomic mass is 9.86. The zero-order valence-corrected chi connectivity index (χ0v) is 25.9. The Morgan fingerprint density at radius 1 is 0.907 bits per heavy atom. The Morgan fingerprint density at radius 2 is 1.51 bits per heavy atom. The molecule has 2 heterocycles. The smallest absolute Gasteiger partial charge is 0.261 e. The van der Waals surface area contributed by atoms with E-state index in [2.05, 4.69) is 96.7 Å². The molecule has 0 saturated heterocycles. The number of nitrogens with two attached hydrogens (primary N) is 1. The summed E-state index contributed by atoms with van der Waals surface area (Å²) in [7, 11) is -2.72. The van der Waals surface area contributed by atoms with Crippen molar-refractivity contribution in [2.75, 3.05) is 17.7 Å². The molecule has 43 heavy (non-hydrogen) atoms. The molecule has 6 nitrogen and oxygen atoms in total. The lowest BCUT2D eigenvalue weighted by molar-refractivity contribution is 0.0924. The summed E-state index contributed by atoms with van der Waals surface area (Å²) in [5.74, 6) is 0.583. The fourth-order valence-corrected chi connectivity index (χ4v) is 11.1. The van der Waals surface area contributed by atoms with E-state index in [4.69, 9.17) is 10.2 Å². The number of anilines is 3. The van der Waals surface area contributed by atoms with Crippen LogP contribution in [0.25, 0.3) is 11.3 Å². The fourth-order valence-electron chi connectivity index (χ4n) is 6.47. The minimum Gasteiger partial charge on any atom is -0.407 e. The summed E-state index contributed by atoms with van der Waals surface area (Å²) in [6.07, 6.45) is 2.83. The van der Waals surface area contributed by atoms with Gasteiger partial charge in [-0.25, -0.2) is 4.98 Å². The number of hydrogen-bond acceptors (Lipinski definition) is 5. The standard InChI is InChI=1S/C36H38N4O2Si/c1-36(2,3)43(28-15-9-5-10-16-28,29-17-11-6-12-18-29)42-24-25-21-30-33(31(41)22-25)35(39-27-13-7-4-8-14-27)34(40-30)26-19-20-38-32(37)23-26/h4-20,23,25,39-40H,21-22,24H2,1-3H3,(H2,37,38). The molecule has 1 aliphatic rings. The first-order chi connectivity index (χ1) is 20.8. The largest absolute Gasteiger partial charge is 0.407 e. The number of para-hydroxylation sites is 1. The van der Waals surface area contributed by atoms with Gasteiger partial charge < -0.3 is 20.5 Å². The predicted octanol–water partition coefficient (Wildman–Crippen LogP) is 6.72. The third kappa shape index (κ3) is 5.54. The number of fused-ring (bicyclic) bond motifs is 1. The van der Waals surface area contributed by atoms with Crippen molar-refractivity contribution in [2.45, 2.75) is 38.7 Å². The van der Waals surface area contributed by atoms with Crippen molar-refractivity contribution in [1.29, 1.82) is 0 Å². The number of nitrogen functional groups attached to an aromatic ring is 1. The highest BCUT2D eigenvalue weighted by atomic mass is 28.4. The highest BCUT2D eigenvalue weighted by Gasteiger charge is 2.50. The Labute approximate surface area is 254 Å². The van der Waals surface area contributed by atoms with Gasteiger partial charge in [0.15, 0.2) is 5.78 Å². The average Bonchev–Trinajstić information content (AvgIpc) is 3.37. The topological polar surface area (TPSA) is 93.0 Å². The Kier molecular flexibility index (Phi) is 7.77. The van der Waals surface area contributed by atoms with E-state index < -0.39 is 8.32 Å². The lowest BCUT2D eigenvalue weighted by Crippen LogP contribution is -2.67. The van der Waals surface area contributed by atoms with Gasteiger partial charge in [-0.2, -0.15) is 0 Å². The SMILES string of the molecule is CC(C)(C)[Si](OCC1CC(=O)c2c([nH]c(-c3ccnc(N)c3)c2Nc2ccccc2)C1)(c1ccccc1)c1ccccc1. The van der Waals surface area contributed by atoms with Gasteiger partial charge in [-0.1, -0.05) is 99.6 Å². The number of H-pyrrole nitrogens is 1. The van der Waals surface area contributed by atoms with Crippen LogP contribution in [0.3, 0.4) is 0 Å². The number of ketones is 1. The van der Waals surface area contributed by atoms with Gasteiger partial charge >= 0.3 is 0 Å². The second kappa shape index (κ2) is 11.7. The molecule has 7 heteroatoms. The Morgan fingerprint density at radius 3 is 2.09 bits per heavy atom. The summed E-state index contributed by atoms with van der Waals surface area (Å²) in [5, 5.41) is 5.87. The van der Waals surface area contributed by atoms with Crippen LogP contribution in [0.15, 0.2) is 109 Å². The third-order valence-electron chi connectivity index (χ3n) is 8.39. The van der Waals surface area contributed by atoms with E-state index in [1.54, 1.807) is 6.20 Å². The van der Waals surface area contributed by atoms with E-state index in [1.807, 2.05) is 42.5 Å². The third-order valence-corrected chi connectivity index (χ3v) is 13.4. The van der Waals surface area contributed by atoms with E-state index in [-0.39, 0.29) is 16.7 Å². The number of carbonyl (C=O) groups excluding carboxylic acids is 1. The number of hydrogen-bond donors (Lipinski definition) is 3. The van der Waals surface area contributed by atoms with E-state index in [1.165, 1.54) is 10.4 Å². The molecule has 5 aromatic rings. The zero-order valence-electron chi connectivity index (χ0n) is 24.9. The number of nitrogens with zero attached hydrogens (tertiary/aromatic N) is 1. The highest BCUT2D eigenvalue weighted by molar-refractivity contribution is 6.99. The van der Waals surface area contributed by atoms with Crippen molar-refractivity contribution in [3.8, 4) is 11.3 Å². The van der Waals surface area contributed by atoms with Gasteiger partial charge in [0.1, 0.15) is 5.82 Å². The van der Waals surface area contributed by atoms with Crippen LogP contribution in [0, 0.1) is 5.92 Å². The van der Waals surface area contributed by atoms with Gasteiger partial charge in [0.25, 0.3) is 8.32 Å². The highest BCUT2D eigenvalue weighted by Crippen LogP contribution is 2.42. The summed E-state index contributed by atoms with van der Waals surface area (Å²) in [6.45, 7) is 7.34. The number of benzene rings is 3. The number of aromatic nitrogens is 2. The zero-order chi connectivity index (χ0) is 30.0. The quantitative estimate of drug-likeness (QED) is 0.176.